The van der Waals surface area contributed by atoms with E-state index in [0.717, 1.165) is 19.4 Å². The van der Waals surface area contributed by atoms with Gasteiger partial charge in [0, 0.05) is 49.1 Å². The van der Waals surface area contributed by atoms with Gasteiger partial charge in [0.1, 0.15) is 0 Å². The van der Waals surface area contributed by atoms with E-state index in [1.165, 1.54) is 56.7 Å². The number of nitrogens with two attached hydrogens (primary N) is 1. The Balaban J connectivity index is 0.00000144. The SMILES string of the molecule is Cl.Cl.N[C@@H]1CCC[C@H]1CC(=O)NCC1(N2CCSCC2)CCCC1. The van der Waals surface area contributed by atoms with Gasteiger partial charge in [-0.3, -0.25) is 9.69 Å². The van der Waals surface area contributed by atoms with E-state index in [0.29, 0.717) is 12.3 Å². The molecule has 1 aliphatic heterocycles. The smallest absolute Gasteiger partial charge is 0.220 e. The molecule has 7 heteroatoms. The first-order valence-corrected chi connectivity index (χ1v) is 10.2. The Kier molecular flexibility index (Phi) is 9.75. The van der Waals surface area contributed by atoms with E-state index in [2.05, 4.69) is 22.0 Å². The standard InChI is InChI=1S/C17H31N3OS.2ClH/c18-15-5-3-4-14(15)12-16(21)19-13-17(6-1-2-7-17)20-8-10-22-11-9-20;;/h14-15H,1-13,18H2,(H,19,21);2*1H/t14-,15+;;/m0../s1. The number of nitrogens with zero attached hydrogens (tertiary/aromatic N) is 1. The number of hydrogen-bond acceptors (Lipinski definition) is 4. The van der Waals surface area contributed by atoms with Gasteiger partial charge in [0.25, 0.3) is 0 Å². The Hall–Kier alpha value is 0.320. The third kappa shape index (κ3) is 5.41. The van der Waals surface area contributed by atoms with Gasteiger partial charge in [0.2, 0.25) is 5.91 Å². The van der Waals surface area contributed by atoms with Crippen LogP contribution in [0.4, 0.5) is 0 Å². The highest BCUT2D eigenvalue weighted by Gasteiger charge is 2.40. The number of amides is 1. The summed E-state index contributed by atoms with van der Waals surface area (Å²) in [5.74, 6) is 3.12. The van der Waals surface area contributed by atoms with Crippen molar-refractivity contribution in [1.29, 1.82) is 0 Å². The van der Waals surface area contributed by atoms with Crippen LogP contribution in [0.5, 0.6) is 0 Å². The lowest BCUT2D eigenvalue weighted by Gasteiger charge is -2.43. The number of rotatable bonds is 5. The van der Waals surface area contributed by atoms with Gasteiger partial charge >= 0.3 is 0 Å². The third-order valence-corrected chi connectivity index (χ3v) is 6.94. The molecule has 3 rings (SSSR count). The van der Waals surface area contributed by atoms with Crippen LogP contribution >= 0.6 is 36.6 Å². The van der Waals surface area contributed by atoms with Crippen molar-refractivity contribution in [1.82, 2.24) is 10.2 Å². The number of carbonyl (C=O) groups is 1. The second-order valence-corrected chi connectivity index (χ2v) is 8.59. The highest BCUT2D eigenvalue weighted by Crippen LogP contribution is 2.36. The van der Waals surface area contributed by atoms with Crippen molar-refractivity contribution >= 4 is 42.5 Å². The molecule has 0 spiro atoms. The highest BCUT2D eigenvalue weighted by atomic mass is 35.5. The van der Waals surface area contributed by atoms with Crippen LogP contribution < -0.4 is 11.1 Å². The van der Waals surface area contributed by atoms with Crippen molar-refractivity contribution in [3.05, 3.63) is 0 Å². The van der Waals surface area contributed by atoms with Crippen molar-refractivity contribution in [3.63, 3.8) is 0 Å². The molecule has 0 bridgehead atoms. The van der Waals surface area contributed by atoms with Crippen LogP contribution in [0.25, 0.3) is 0 Å². The van der Waals surface area contributed by atoms with Gasteiger partial charge in [-0.25, -0.2) is 0 Å². The monoisotopic (exact) mass is 397 g/mol. The van der Waals surface area contributed by atoms with Crippen LogP contribution in [0, 0.1) is 5.92 Å². The van der Waals surface area contributed by atoms with Crippen molar-refractivity contribution < 1.29 is 4.79 Å². The Morgan fingerprint density at radius 3 is 2.38 bits per heavy atom. The van der Waals surface area contributed by atoms with Crippen molar-refractivity contribution in [3.8, 4) is 0 Å². The molecule has 1 heterocycles. The van der Waals surface area contributed by atoms with Crippen molar-refractivity contribution in [2.75, 3.05) is 31.1 Å². The molecule has 0 aromatic carbocycles. The third-order valence-electron chi connectivity index (χ3n) is 6.00. The van der Waals surface area contributed by atoms with E-state index in [4.69, 9.17) is 5.73 Å². The maximum absolute atomic E-state index is 12.3. The maximum Gasteiger partial charge on any atom is 0.220 e. The predicted molar refractivity (Wildman–Crippen MR) is 108 cm³/mol. The van der Waals surface area contributed by atoms with Crippen LogP contribution in [-0.2, 0) is 4.79 Å². The zero-order valence-corrected chi connectivity index (χ0v) is 17.0. The number of hydrogen-bond donors (Lipinski definition) is 2. The summed E-state index contributed by atoms with van der Waals surface area (Å²) in [5, 5.41) is 3.27. The molecule has 2 aliphatic carbocycles. The zero-order valence-electron chi connectivity index (χ0n) is 14.5. The molecule has 4 nitrogen and oxygen atoms in total. The molecule has 0 unspecified atom stereocenters. The normalized spacial score (nSPS) is 29.5. The Morgan fingerprint density at radius 1 is 1.12 bits per heavy atom. The van der Waals surface area contributed by atoms with Gasteiger partial charge in [0.15, 0.2) is 0 Å². The van der Waals surface area contributed by atoms with E-state index in [-0.39, 0.29) is 42.3 Å². The van der Waals surface area contributed by atoms with Crippen molar-refractivity contribution in [2.45, 2.75) is 62.9 Å². The molecule has 24 heavy (non-hydrogen) atoms. The lowest BCUT2D eigenvalue weighted by atomic mass is 9.94. The van der Waals surface area contributed by atoms with Crippen LogP contribution in [-0.4, -0.2) is 53.5 Å². The molecule has 2 atom stereocenters. The van der Waals surface area contributed by atoms with Crippen LogP contribution in [0.3, 0.4) is 0 Å². The largest absolute Gasteiger partial charge is 0.354 e. The second kappa shape index (κ2) is 10.5. The van der Waals surface area contributed by atoms with E-state index in [1.54, 1.807) is 0 Å². The molecule has 3 N–H and O–H groups in total. The minimum Gasteiger partial charge on any atom is -0.354 e. The van der Waals surface area contributed by atoms with Gasteiger partial charge < -0.3 is 11.1 Å². The molecule has 3 fully saturated rings. The Labute approximate surface area is 163 Å². The molecule has 1 amide bonds. The molecule has 142 valence electrons. The maximum atomic E-state index is 12.3. The summed E-state index contributed by atoms with van der Waals surface area (Å²) in [7, 11) is 0. The molecule has 0 aromatic heterocycles. The van der Waals surface area contributed by atoms with E-state index in [9.17, 15) is 4.79 Å². The molecular weight excluding hydrogens is 365 g/mol. The quantitative estimate of drug-likeness (QED) is 0.748. The fourth-order valence-corrected chi connectivity index (χ4v) is 5.47. The summed E-state index contributed by atoms with van der Waals surface area (Å²) >= 11 is 2.06. The summed E-state index contributed by atoms with van der Waals surface area (Å²) in [4.78, 5) is 15.0. The lowest BCUT2D eigenvalue weighted by molar-refractivity contribution is -0.122. The van der Waals surface area contributed by atoms with Gasteiger partial charge in [-0.05, 0) is 31.6 Å². The minimum absolute atomic E-state index is 0. The van der Waals surface area contributed by atoms with Crippen LogP contribution in [0.15, 0.2) is 0 Å². The number of carbonyl (C=O) groups excluding carboxylic acids is 1. The summed E-state index contributed by atoms with van der Waals surface area (Å²) < 4.78 is 0. The molecular formula is C17H33Cl2N3OS. The number of thioether (sulfide) groups is 1. The average Bonchev–Trinajstić information content (AvgIpc) is 3.17. The minimum atomic E-state index is 0. The fraction of sp³-hybridized carbons (Fsp3) is 0.941. The highest BCUT2D eigenvalue weighted by molar-refractivity contribution is 7.99. The van der Waals surface area contributed by atoms with Gasteiger partial charge in [-0.15, -0.1) is 24.8 Å². The first kappa shape index (κ1) is 22.4. The molecule has 1 saturated heterocycles. The topological polar surface area (TPSA) is 58.4 Å². The van der Waals surface area contributed by atoms with E-state index < -0.39 is 0 Å². The summed E-state index contributed by atoms with van der Waals surface area (Å²) in [6, 6.07) is 0.241. The van der Waals surface area contributed by atoms with Crippen LogP contribution in [0.2, 0.25) is 0 Å². The van der Waals surface area contributed by atoms with Gasteiger partial charge in [0.05, 0.1) is 0 Å². The Morgan fingerprint density at radius 2 is 1.79 bits per heavy atom. The Bertz CT molecular complexity index is 388. The zero-order chi connectivity index (χ0) is 15.4. The molecule has 0 radical (unpaired) electrons. The van der Waals surface area contributed by atoms with Crippen LogP contribution in [0.1, 0.15) is 51.4 Å². The van der Waals surface area contributed by atoms with E-state index in [1.807, 2.05) is 0 Å². The van der Waals surface area contributed by atoms with Gasteiger partial charge in [-0.2, -0.15) is 11.8 Å². The number of nitrogens with one attached hydrogen (secondary N) is 1. The van der Waals surface area contributed by atoms with Gasteiger partial charge in [-0.1, -0.05) is 19.3 Å². The molecule has 2 saturated carbocycles. The average molecular weight is 398 g/mol. The first-order chi connectivity index (χ1) is 10.7. The van der Waals surface area contributed by atoms with Crippen molar-refractivity contribution in [2.24, 2.45) is 11.7 Å². The predicted octanol–water partition coefficient (Wildman–Crippen LogP) is 2.83. The first-order valence-electron chi connectivity index (χ1n) is 9.05. The summed E-state index contributed by atoms with van der Waals surface area (Å²) in [6.07, 6.45) is 9.17. The summed E-state index contributed by atoms with van der Waals surface area (Å²) in [5.41, 5.74) is 6.34. The summed E-state index contributed by atoms with van der Waals surface area (Å²) in [6.45, 7) is 3.22. The molecule has 0 aromatic rings. The lowest BCUT2D eigenvalue weighted by Crippen LogP contribution is -2.56. The number of halogens is 2. The fourth-order valence-electron chi connectivity index (χ4n) is 4.57. The van der Waals surface area contributed by atoms with E-state index >= 15 is 0 Å². The molecule has 3 aliphatic rings. The second-order valence-electron chi connectivity index (χ2n) is 7.37.